The first-order valence-corrected chi connectivity index (χ1v) is 1.06. The monoisotopic (exact) mass is 114 g/mol. The molecule has 0 aliphatic carbocycles. The Hall–Kier alpha value is 1.09. The van der Waals surface area contributed by atoms with Gasteiger partial charge >= 0.3 is 51.6 Å². The van der Waals surface area contributed by atoms with Crippen molar-refractivity contribution in [3.05, 3.63) is 0 Å². The van der Waals surface area contributed by atoms with Crippen LogP contribution in [0.1, 0.15) is 0 Å². The summed E-state index contributed by atoms with van der Waals surface area (Å²) in [5.74, 6) is 0. The second kappa shape index (κ2) is 8.94. The summed E-state index contributed by atoms with van der Waals surface area (Å²) in [5.41, 5.74) is 0. The molecule has 0 bridgehead atoms. The minimum atomic E-state index is -0.875. The average molecular weight is 115 g/mol. The summed E-state index contributed by atoms with van der Waals surface area (Å²) >= 11 is -0.875. The second-order valence-electron chi connectivity index (χ2n) is 0.0527. The quantitative estimate of drug-likeness (QED) is 0.383. The zero-order valence-corrected chi connectivity index (χ0v) is 2.12. The van der Waals surface area contributed by atoms with Gasteiger partial charge in [-0.15, -0.1) is 0 Å². The summed E-state index contributed by atoms with van der Waals surface area (Å²) < 4.78 is 16.6. The molecule has 4 heteroatoms. The molecule has 0 heterocycles. The predicted octanol–water partition coefficient (Wildman–Crippen LogP) is -0.889. The van der Waals surface area contributed by atoms with Crippen molar-refractivity contribution < 1.29 is 22.1 Å². The summed E-state index contributed by atoms with van der Waals surface area (Å²) in [6.45, 7) is 0. The molecule has 0 aliphatic rings. The number of hydrogen-bond donors (Lipinski definition) is 0. The fraction of sp³-hybridized carbons (Fsp3) is 0. The van der Waals surface area contributed by atoms with E-state index < -0.39 is 14.3 Å². The standard InChI is InChI=1S/Na.Ni.2O.H. The third-order valence-electron chi connectivity index (χ3n) is 0. The van der Waals surface area contributed by atoms with Gasteiger partial charge in [-0.1, -0.05) is 0 Å². The van der Waals surface area contributed by atoms with Crippen molar-refractivity contribution in [2.75, 3.05) is 0 Å². The first-order valence-electron chi connectivity index (χ1n) is 0.258. The number of rotatable bonds is 0. The van der Waals surface area contributed by atoms with Crippen LogP contribution in [0, 0.1) is 0 Å². The van der Waals surface area contributed by atoms with Crippen LogP contribution in [0.2, 0.25) is 0 Å². The van der Waals surface area contributed by atoms with Gasteiger partial charge in [0.1, 0.15) is 0 Å². The van der Waals surface area contributed by atoms with Crippen molar-refractivity contribution in [2.45, 2.75) is 0 Å². The molecule has 0 aromatic carbocycles. The van der Waals surface area contributed by atoms with Crippen LogP contribution in [0.5, 0.6) is 0 Å². The molecule has 0 spiro atoms. The molecule has 0 atom stereocenters. The van der Waals surface area contributed by atoms with Crippen molar-refractivity contribution in [1.29, 1.82) is 0 Å². The third kappa shape index (κ3) is 11.3. The fourth-order valence-corrected chi connectivity index (χ4v) is 0. The summed E-state index contributed by atoms with van der Waals surface area (Å²) in [6.07, 6.45) is 0. The molecule has 0 saturated carbocycles. The van der Waals surface area contributed by atoms with Gasteiger partial charge in [0.2, 0.25) is 0 Å². The van der Waals surface area contributed by atoms with Gasteiger partial charge in [0, 0.05) is 0 Å². The molecule has 0 saturated heterocycles. The van der Waals surface area contributed by atoms with E-state index in [1.165, 1.54) is 0 Å². The van der Waals surface area contributed by atoms with Crippen molar-refractivity contribution in [3.63, 3.8) is 0 Å². The molecular formula is HNaNiO2. The van der Waals surface area contributed by atoms with E-state index in [0.717, 1.165) is 0 Å². The molecule has 0 fully saturated rings. The van der Waals surface area contributed by atoms with Gasteiger partial charge in [0.15, 0.2) is 0 Å². The SMILES string of the molecule is [NaH].[O]=[Ni]=[O]. The topological polar surface area (TPSA) is 34.1 Å². The van der Waals surface area contributed by atoms with Gasteiger partial charge in [-0.05, 0) is 0 Å². The molecule has 0 rings (SSSR count). The van der Waals surface area contributed by atoms with Crippen LogP contribution in [0.15, 0.2) is 0 Å². The molecule has 0 radical (unpaired) electrons. The van der Waals surface area contributed by atoms with E-state index in [1.807, 2.05) is 0 Å². The predicted molar refractivity (Wildman–Crippen MR) is 8.52 cm³/mol. The van der Waals surface area contributed by atoms with Crippen LogP contribution in [0.3, 0.4) is 0 Å². The van der Waals surface area contributed by atoms with Gasteiger partial charge in [0.05, 0.1) is 0 Å². The van der Waals surface area contributed by atoms with Crippen molar-refractivity contribution in [2.24, 2.45) is 0 Å². The first-order chi connectivity index (χ1) is 1.41. The second-order valence-corrected chi connectivity index (χ2v) is 0.217. The summed E-state index contributed by atoms with van der Waals surface area (Å²) in [4.78, 5) is 0. The first kappa shape index (κ1) is 8.92. The van der Waals surface area contributed by atoms with Crippen LogP contribution in [0.25, 0.3) is 0 Å². The summed E-state index contributed by atoms with van der Waals surface area (Å²) in [6, 6.07) is 0. The Morgan fingerprint density at radius 3 is 1.25 bits per heavy atom. The average Bonchev–Trinajstić information content (AvgIpc) is 0.918. The molecule has 0 aliphatic heterocycles. The summed E-state index contributed by atoms with van der Waals surface area (Å²) in [7, 11) is 0. The fourth-order valence-electron chi connectivity index (χ4n) is 0. The Kier molecular flexibility index (Phi) is 19.9. The molecule has 0 amide bonds. The molecule has 24 valence electrons. The minimum absolute atomic E-state index is 0. The zero-order valence-electron chi connectivity index (χ0n) is 1.13. The van der Waals surface area contributed by atoms with E-state index in [2.05, 4.69) is 0 Å². The zero-order chi connectivity index (χ0) is 2.71. The van der Waals surface area contributed by atoms with Crippen LogP contribution >= 0.6 is 0 Å². The van der Waals surface area contributed by atoms with Gasteiger partial charge in [-0.2, -0.15) is 0 Å². The van der Waals surface area contributed by atoms with Crippen molar-refractivity contribution in [1.82, 2.24) is 0 Å². The van der Waals surface area contributed by atoms with Crippen LogP contribution in [-0.2, 0) is 22.1 Å². The van der Waals surface area contributed by atoms with Gasteiger partial charge < -0.3 is 0 Å². The summed E-state index contributed by atoms with van der Waals surface area (Å²) in [5, 5.41) is 0. The molecule has 0 unspecified atom stereocenters. The van der Waals surface area contributed by atoms with E-state index in [1.54, 1.807) is 0 Å². The molecular weight excluding hydrogens is 114 g/mol. The van der Waals surface area contributed by atoms with E-state index in [9.17, 15) is 0 Å². The van der Waals surface area contributed by atoms with Crippen molar-refractivity contribution in [3.8, 4) is 0 Å². The van der Waals surface area contributed by atoms with E-state index in [0.29, 0.717) is 0 Å². The van der Waals surface area contributed by atoms with E-state index >= 15 is 0 Å². The van der Waals surface area contributed by atoms with Gasteiger partial charge in [-0.25, -0.2) is 0 Å². The van der Waals surface area contributed by atoms with E-state index in [-0.39, 0.29) is 29.6 Å². The maximum atomic E-state index is 8.31. The van der Waals surface area contributed by atoms with Crippen LogP contribution in [0.4, 0.5) is 0 Å². The van der Waals surface area contributed by atoms with Crippen molar-refractivity contribution >= 4 is 29.6 Å². The van der Waals surface area contributed by atoms with E-state index in [4.69, 9.17) is 7.79 Å². The Labute approximate surface area is 51.4 Å². The normalized spacial score (nSPS) is 5.00. The van der Waals surface area contributed by atoms with Crippen LogP contribution < -0.4 is 0 Å². The Balaban J connectivity index is 0. The Bertz CT molecular complexity index is 27.0. The number of hydrogen-bond acceptors (Lipinski definition) is 2. The van der Waals surface area contributed by atoms with Gasteiger partial charge in [-0.3, -0.25) is 0 Å². The molecule has 0 aromatic heterocycles. The Morgan fingerprint density at radius 2 is 1.25 bits per heavy atom. The molecule has 4 heavy (non-hydrogen) atoms. The maximum absolute atomic E-state index is 8.31. The van der Waals surface area contributed by atoms with Gasteiger partial charge in [0.25, 0.3) is 0 Å². The molecule has 0 aromatic rings. The molecule has 0 N–H and O–H groups in total. The van der Waals surface area contributed by atoms with Crippen LogP contribution in [-0.4, -0.2) is 29.6 Å². The third-order valence-corrected chi connectivity index (χ3v) is 0. The molecule has 2 nitrogen and oxygen atoms in total. The Morgan fingerprint density at radius 1 is 1.25 bits per heavy atom.